The smallest absolute Gasteiger partial charge is 0.226 e. The van der Waals surface area contributed by atoms with Gasteiger partial charge in [-0.1, -0.05) is 0 Å². The second kappa shape index (κ2) is 6.15. The van der Waals surface area contributed by atoms with Gasteiger partial charge in [0.25, 0.3) is 0 Å². The van der Waals surface area contributed by atoms with Crippen molar-refractivity contribution in [2.75, 3.05) is 55.0 Å². The maximum absolute atomic E-state index is 4.63. The molecule has 0 N–H and O–H groups in total. The summed E-state index contributed by atoms with van der Waals surface area (Å²) in [4.78, 5) is 24.2. The molecule has 25 heavy (non-hydrogen) atoms. The van der Waals surface area contributed by atoms with Crippen molar-refractivity contribution >= 4 is 28.6 Å². The Morgan fingerprint density at radius 2 is 1.76 bits per heavy atom. The van der Waals surface area contributed by atoms with Gasteiger partial charge < -0.3 is 14.7 Å². The fourth-order valence-corrected chi connectivity index (χ4v) is 3.08. The third-order valence-electron chi connectivity index (χ3n) is 4.44. The van der Waals surface area contributed by atoms with Gasteiger partial charge in [0.1, 0.15) is 18.0 Å². The standard InChI is InChI=1S/C16H21N9/c1-22(2)16-17-5-4-13(21-16)24-6-8-25(9-7-24)15-12-10-20-23(3)14(12)18-11-19-15/h4-5,10-11H,6-9H2,1-3H3. The minimum atomic E-state index is 0.729. The van der Waals surface area contributed by atoms with Crippen LogP contribution in [0.5, 0.6) is 0 Å². The van der Waals surface area contributed by atoms with Gasteiger partial charge in [0.05, 0.1) is 11.6 Å². The topological polar surface area (TPSA) is 79.1 Å². The van der Waals surface area contributed by atoms with Gasteiger partial charge in [-0.3, -0.25) is 4.68 Å². The maximum atomic E-state index is 4.63. The number of aromatic nitrogens is 6. The van der Waals surface area contributed by atoms with Crippen LogP contribution in [0.15, 0.2) is 24.8 Å². The molecule has 130 valence electrons. The predicted molar refractivity (Wildman–Crippen MR) is 97.1 cm³/mol. The van der Waals surface area contributed by atoms with E-state index in [1.54, 1.807) is 11.0 Å². The van der Waals surface area contributed by atoms with Crippen LogP contribution in [0.1, 0.15) is 0 Å². The molecule has 3 aromatic rings. The number of aryl methyl sites for hydroxylation is 1. The van der Waals surface area contributed by atoms with Crippen LogP contribution in [0.25, 0.3) is 11.0 Å². The van der Waals surface area contributed by atoms with Gasteiger partial charge in [-0.05, 0) is 6.07 Å². The minimum absolute atomic E-state index is 0.729. The van der Waals surface area contributed by atoms with Crippen LogP contribution in [0.4, 0.5) is 17.6 Å². The van der Waals surface area contributed by atoms with Gasteiger partial charge in [0, 0.05) is 53.5 Å². The van der Waals surface area contributed by atoms with Crippen LogP contribution < -0.4 is 14.7 Å². The van der Waals surface area contributed by atoms with E-state index in [-0.39, 0.29) is 0 Å². The van der Waals surface area contributed by atoms with Crippen molar-refractivity contribution in [3.05, 3.63) is 24.8 Å². The SMILES string of the molecule is CN(C)c1nccc(N2CCN(c3ncnc4c3cnn4C)CC2)n1. The van der Waals surface area contributed by atoms with Crippen molar-refractivity contribution in [1.29, 1.82) is 0 Å². The predicted octanol–water partition coefficient (Wildman–Crippen LogP) is 0.546. The zero-order valence-corrected chi connectivity index (χ0v) is 14.7. The van der Waals surface area contributed by atoms with E-state index >= 15 is 0 Å². The van der Waals surface area contributed by atoms with Crippen LogP contribution in [0.3, 0.4) is 0 Å². The summed E-state index contributed by atoms with van der Waals surface area (Å²) < 4.78 is 1.78. The van der Waals surface area contributed by atoms with Crippen molar-refractivity contribution in [2.24, 2.45) is 7.05 Å². The summed E-state index contributed by atoms with van der Waals surface area (Å²) in [5.41, 5.74) is 0.860. The molecule has 0 unspecified atom stereocenters. The minimum Gasteiger partial charge on any atom is -0.353 e. The second-order valence-electron chi connectivity index (χ2n) is 6.29. The summed E-state index contributed by atoms with van der Waals surface area (Å²) in [5, 5.41) is 5.29. The van der Waals surface area contributed by atoms with Gasteiger partial charge in [0.2, 0.25) is 5.95 Å². The molecule has 4 rings (SSSR count). The zero-order chi connectivity index (χ0) is 17.4. The maximum Gasteiger partial charge on any atom is 0.226 e. The highest BCUT2D eigenvalue weighted by Crippen LogP contribution is 2.24. The molecule has 0 aromatic carbocycles. The van der Waals surface area contributed by atoms with Gasteiger partial charge in [-0.15, -0.1) is 0 Å². The highest BCUT2D eigenvalue weighted by atomic mass is 15.3. The Hall–Kier alpha value is -2.97. The molecule has 9 nitrogen and oxygen atoms in total. The Balaban J connectivity index is 1.52. The summed E-state index contributed by atoms with van der Waals surface area (Å²) in [5.74, 6) is 2.65. The van der Waals surface area contributed by atoms with Gasteiger partial charge in [-0.2, -0.15) is 10.1 Å². The van der Waals surface area contributed by atoms with Crippen molar-refractivity contribution in [1.82, 2.24) is 29.7 Å². The van der Waals surface area contributed by atoms with Crippen LogP contribution in [-0.2, 0) is 7.05 Å². The molecule has 9 heteroatoms. The second-order valence-corrected chi connectivity index (χ2v) is 6.29. The fraction of sp³-hybridized carbons (Fsp3) is 0.438. The molecule has 1 aliphatic heterocycles. The van der Waals surface area contributed by atoms with Crippen molar-refractivity contribution in [2.45, 2.75) is 0 Å². The van der Waals surface area contributed by atoms with Crippen LogP contribution in [0, 0.1) is 0 Å². The molecular weight excluding hydrogens is 318 g/mol. The Morgan fingerprint density at radius 1 is 1.00 bits per heavy atom. The van der Waals surface area contributed by atoms with Crippen LogP contribution in [0.2, 0.25) is 0 Å². The first kappa shape index (κ1) is 15.6. The lowest BCUT2D eigenvalue weighted by atomic mass is 10.2. The highest BCUT2D eigenvalue weighted by Gasteiger charge is 2.22. The van der Waals surface area contributed by atoms with Gasteiger partial charge >= 0.3 is 0 Å². The summed E-state index contributed by atoms with van der Waals surface area (Å²) >= 11 is 0. The van der Waals surface area contributed by atoms with E-state index in [9.17, 15) is 0 Å². The molecule has 1 aliphatic rings. The third-order valence-corrected chi connectivity index (χ3v) is 4.44. The van der Waals surface area contributed by atoms with E-state index in [2.05, 4.69) is 34.8 Å². The number of anilines is 3. The largest absolute Gasteiger partial charge is 0.353 e. The summed E-state index contributed by atoms with van der Waals surface area (Å²) in [7, 11) is 5.80. The van der Waals surface area contributed by atoms with Crippen LogP contribution in [-0.4, -0.2) is 70.0 Å². The lowest BCUT2D eigenvalue weighted by molar-refractivity contribution is 0.642. The number of nitrogens with zero attached hydrogens (tertiary/aromatic N) is 9. The van der Waals surface area contributed by atoms with Crippen molar-refractivity contribution < 1.29 is 0 Å². The van der Waals surface area contributed by atoms with E-state index < -0.39 is 0 Å². The number of hydrogen-bond donors (Lipinski definition) is 0. The molecule has 0 spiro atoms. The monoisotopic (exact) mass is 339 g/mol. The average molecular weight is 339 g/mol. The first-order valence-corrected chi connectivity index (χ1v) is 8.26. The molecule has 1 fully saturated rings. The van der Waals surface area contributed by atoms with Crippen molar-refractivity contribution in [3.8, 4) is 0 Å². The normalized spacial score (nSPS) is 15.0. The fourth-order valence-electron chi connectivity index (χ4n) is 3.08. The summed E-state index contributed by atoms with van der Waals surface area (Å²) in [6.07, 6.45) is 5.26. The van der Waals surface area contributed by atoms with Crippen molar-refractivity contribution in [3.63, 3.8) is 0 Å². The van der Waals surface area contributed by atoms with E-state index in [0.29, 0.717) is 0 Å². The zero-order valence-electron chi connectivity index (χ0n) is 14.7. The van der Waals surface area contributed by atoms with E-state index in [1.165, 1.54) is 0 Å². The first-order valence-electron chi connectivity index (χ1n) is 8.26. The van der Waals surface area contributed by atoms with E-state index in [4.69, 9.17) is 0 Å². The molecule has 4 heterocycles. The quantitative estimate of drug-likeness (QED) is 0.684. The number of piperazine rings is 1. The third kappa shape index (κ3) is 2.81. The Bertz CT molecular complexity index is 880. The van der Waals surface area contributed by atoms with Crippen LogP contribution >= 0.6 is 0 Å². The molecular formula is C16H21N9. The van der Waals surface area contributed by atoms with Gasteiger partial charge in [-0.25, -0.2) is 15.0 Å². The summed E-state index contributed by atoms with van der Waals surface area (Å²) in [6.45, 7) is 3.52. The molecule has 0 atom stereocenters. The molecule has 0 bridgehead atoms. The number of hydrogen-bond acceptors (Lipinski definition) is 8. The Kier molecular flexibility index (Phi) is 3.83. The summed E-state index contributed by atoms with van der Waals surface area (Å²) in [6, 6.07) is 1.96. The van der Waals surface area contributed by atoms with Gasteiger partial charge in [0.15, 0.2) is 5.65 Å². The lowest BCUT2D eigenvalue weighted by Gasteiger charge is -2.36. The molecule has 1 saturated heterocycles. The van der Waals surface area contributed by atoms with E-state index in [1.807, 2.05) is 44.5 Å². The average Bonchev–Trinajstić information content (AvgIpc) is 3.03. The molecule has 0 aliphatic carbocycles. The number of rotatable bonds is 3. The first-order chi connectivity index (χ1) is 12.1. The molecule has 0 amide bonds. The highest BCUT2D eigenvalue weighted by molar-refractivity contribution is 5.86. The molecule has 3 aromatic heterocycles. The molecule has 0 saturated carbocycles. The van der Waals surface area contributed by atoms with E-state index in [0.717, 1.165) is 54.8 Å². The lowest BCUT2D eigenvalue weighted by Crippen LogP contribution is -2.47. The Morgan fingerprint density at radius 3 is 2.52 bits per heavy atom. The number of fused-ring (bicyclic) bond motifs is 1. The molecule has 0 radical (unpaired) electrons. The Labute approximate surface area is 145 Å².